The number of sulfonamides is 1. The van der Waals surface area contributed by atoms with Crippen LogP contribution < -0.4 is 9.46 Å². The molecular weight excluding hydrogens is 465 g/mol. The second kappa shape index (κ2) is 9.23. The van der Waals surface area contributed by atoms with Gasteiger partial charge in [0.25, 0.3) is 0 Å². The molecule has 0 aromatic heterocycles. The average molecular weight is 502 g/mol. The first-order valence-electron chi connectivity index (χ1n) is 12.5. The number of halogens is 1. The van der Waals surface area contributed by atoms with Gasteiger partial charge in [0.15, 0.2) is 0 Å². The van der Waals surface area contributed by atoms with Crippen LogP contribution in [-0.4, -0.2) is 25.2 Å². The summed E-state index contributed by atoms with van der Waals surface area (Å²) in [6.45, 7) is 9.19. The van der Waals surface area contributed by atoms with Crippen molar-refractivity contribution in [2.45, 2.75) is 89.4 Å². The molecule has 1 amide bonds. The number of ether oxygens (including phenoxy) is 1. The summed E-state index contributed by atoms with van der Waals surface area (Å²) >= 11 is 0. The van der Waals surface area contributed by atoms with Crippen LogP contribution in [0.5, 0.6) is 5.75 Å². The number of rotatable bonds is 8. The summed E-state index contributed by atoms with van der Waals surface area (Å²) in [6, 6.07) is 10.5. The molecule has 0 saturated heterocycles. The van der Waals surface area contributed by atoms with Gasteiger partial charge in [-0.15, -0.1) is 0 Å². The van der Waals surface area contributed by atoms with E-state index in [0.29, 0.717) is 42.1 Å². The molecule has 2 aliphatic rings. The molecule has 0 bridgehead atoms. The summed E-state index contributed by atoms with van der Waals surface area (Å²) in [5, 5.41) is 0. The maximum Gasteiger partial charge on any atom is 0.243 e. The Kier molecular flexibility index (Phi) is 6.77. The first kappa shape index (κ1) is 25.7. The van der Waals surface area contributed by atoms with Gasteiger partial charge in [0.05, 0.1) is 16.3 Å². The lowest BCUT2D eigenvalue weighted by molar-refractivity contribution is -0.123. The molecule has 7 heteroatoms. The van der Waals surface area contributed by atoms with Crippen LogP contribution >= 0.6 is 0 Å². The van der Waals surface area contributed by atoms with Crippen molar-refractivity contribution in [1.82, 2.24) is 4.72 Å². The highest BCUT2D eigenvalue weighted by Crippen LogP contribution is 2.43. The fourth-order valence-corrected chi connectivity index (χ4v) is 6.18. The third kappa shape index (κ3) is 4.97. The molecule has 2 saturated carbocycles. The second-order valence-corrected chi connectivity index (χ2v) is 13.2. The monoisotopic (exact) mass is 501 g/mol. The van der Waals surface area contributed by atoms with Gasteiger partial charge in [0.1, 0.15) is 11.6 Å². The topological polar surface area (TPSA) is 72.5 Å². The van der Waals surface area contributed by atoms with Crippen molar-refractivity contribution in [3.8, 4) is 16.9 Å². The van der Waals surface area contributed by atoms with Gasteiger partial charge in [-0.25, -0.2) is 12.8 Å². The fraction of sp³-hybridized carbons (Fsp3) is 0.536. The number of nitrogens with one attached hydrogen (secondary N) is 1. The molecule has 2 fully saturated rings. The smallest absolute Gasteiger partial charge is 0.243 e. The first-order chi connectivity index (χ1) is 16.4. The van der Waals surface area contributed by atoms with Crippen molar-refractivity contribution < 1.29 is 22.3 Å². The van der Waals surface area contributed by atoms with Crippen LogP contribution in [0.2, 0.25) is 0 Å². The molecule has 35 heavy (non-hydrogen) atoms. The van der Waals surface area contributed by atoms with Gasteiger partial charge < -0.3 is 4.74 Å². The number of benzene rings is 2. The van der Waals surface area contributed by atoms with Gasteiger partial charge >= 0.3 is 0 Å². The maximum absolute atomic E-state index is 14.7. The summed E-state index contributed by atoms with van der Waals surface area (Å²) < 4.78 is 47.9. The molecule has 1 unspecified atom stereocenters. The van der Waals surface area contributed by atoms with E-state index < -0.39 is 26.1 Å². The molecule has 2 aromatic carbocycles. The lowest BCUT2D eigenvalue weighted by atomic mass is 9.82. The number of amides is 1. The van der Waals surface area contributed by atoms with E-state index in [1.165, 1.54) is 6.07 Å². The summed E-state index contributed by atoms with van der Waals surface area (Å²) in [5.41, 5.74) is 1.54. The zero-order chi connectivity index (χ0) is 25.6. The van der Waals surface area contributed by atoms with Gasteiger partial charge in [-0.3, -0.25) is 9.52 Å². The molecule has 0 radical (unpaired) electrons. The van der Waals surface area contributed by atoms with Gasteiger partial charge in [0, 0.05) is 5.56 Å². The Morgan fingerprint density at radius 2 is 1.89 bits per heavy atom. The van der Waals surface area contributed by atoms with Crippen LogP contribution in [0.3, 0.4) is 0 Å². The summed E-state index contributed by atoms with van der Waals surface area (Å²) in [4.78, 5) is 13.2. The Labute approximate surface area is 208 Å². The highest BCUT2D eigenvalue weighted by molar-refractivity contribution is 7.91. The molecule has 190 valence electrons. The molecule has 4 rings (SSSR count). The van der Waals surface area contributed by atoms with E-state index in [2.05, 4.69) is 11.6 Å². The average Bonchev–Trinajstić information content (AvgIpc) is 3.44. The number of hydrogen-bond donors (Lipinski definition) is 1. The maximum atomic E-state index is 14.7. The van der Waals surface area contributed by atoms with Crippen LogP contribution in [0.4, 0.5) is 4.39 Å². The molecule has 0 spiro atoms. The van der Waals surface area contributed by atoms with Gasteiger partial charge in [-0.1, -0.05) is 32.0 Å². The van der Waals surface area contributed by atoms with Crippen LogP contribution in [0, 0.1) is 11.7 Å². The van der Waals surface area contributed by atoms with Crippen molar-refractivity contribution in [3.63, 3.8) is 0 Å². The van der Waals surface area contributed by atoms with Crippen molar-refractivity contribution >= 4 is 15.9 Å². The van der Waals surface area contributed by atoms with E-state index in [1.54, 1.807) is 26.8 Å². The minimum atomic E-state index is -3.76. The van der Waals surface area contributed by atoms with Crippen molar-refractivity contribution in [3.05, 3.63) is 53.3 Å². The van der Waals surface area contributed by atoms with Crippen molar-refractivity contribution in [2.24, 2.45) is 5.92 Å². The van der Waals surface area contributed by atoms with E-state index in [4.69, 9.17) is 4.74 Å². The summed E-state index contributed by atoms with van der Waals surface area (Å²) in [6.07, 6.45) is 4.74. The van der Waals surface area contributed by atoms with Crippen LogP contribution in [0.25, 0.3) is 11.1 Å². The Bertz CT molecular complexity index is 1230. The predicted octanol–water partition coefficient (Wildman–Crippen LogP) is 5.90. The quantitative estimate of drug-likeness (QED) is 0.489. The molecule has 1 N–H and O–H groups in total. The minimum absolute atomic E-state index is 0.0916. The lowest BCUT2D eigenvalue weighted by Gasteiger charge is -2.27. The summed E-state index contributed by atoms with van der Waals surface area (Å²) in [5.74, 6) is 0.393. The highest BCUT2D eigenvalue weighted by Gasteiger charge is 2.51. The largest absolute Gasteiger partial charge is 0.490 e. The van der Waals surface area contributed by atoms with Crippen LogP contribution in [-0.2, 0) is 26.7 Å². The van der Waals surface area contributed by atoms with Crippen molar-refractivity contribution in [2.75, 3.05) is 0 Å². The molecule has 5 nitrogen and oxygen atoms in total. The van der Waals surface area contributed by atoms with E-state index in [0.717, 1.165) is 30.4 Å². The van der Waals surface area contributed by atoms with Crippen molar-refractivity contribution in [1.29, 1.82) is 0 Å². The molecule has 2 atom stereocenters. The first-order valence-corrected chi connectivity index (χ1v) is 14.0. The zero-order valence-electron chi connectivity index (χ0n) is 21.3. The third-order valence-electron chi connectivity index (χ3n) is 7.80. The number of carbonyl (C=O) groups excluding carboxylic acids is 1. The van der Waals surface area contributed by atoms with E-state index in [9.17, 15) is 17.6 Å². The lowest BCUT2D eigenvalue weighted by Crippen LogP contribution is -2.46. The Morgan fingerprint density at radius 3 is 2.49 bits per heavy atom. The predicted molar refractivity (Wildman–Crippen MR) is 136 cm³/mol. The molecule has 2 aliphatic carbocycles. The van der Waals surface area contributed by atoms with E-state index in [1.807, 2.05) is 31.2 Å². The van der Waals surface area contributed by atoms with Gasteiger partial charge in [0.2, 0.25) is 15.9 Å². The van der Waals surface area contributed by atoms with Crippen LogP contribution in [0.15, 0.2) is 36.4 Å². The van der Waals surface area contributed by atoms with E-state index >= 15 is 0 Å². The van der Waals surface area contributed by atoms with Crippen LogP contribution in [0.1, 0.15) is 77.8 Å². The SMILES string of the molecule is CCc1c(F)cccc1-c1cc(C(C)(C)C(=O)NS(=O)(=O)C2(C)CC2)ccc1O[C@@H]1CCC(C)C1. The highest BCUT2D eigenvalue weighted by atomic mass is 32.2. The third-order valence-corrected chi connectivity index (χ3v) is 9.96. The zero-order valence-corrected chi connectivity index (χ0v) is 22.1. The summed E-state index contributed by atoms with van der Waals surface area (Å²) in [7, 11) is -3.76. The second-order valence-electron chi connectivity index (χ2n) is 11.0. The fourth-order valence-electron chi connectivity index (χ4n) is 4.79. The Hall–Kier alpha value is -2.41. The number of carbonyl (C=O) groups is 1. The normalized spacial score (nSPS) is 21.5. The molecule has 0 heterocycles. The molecular formula is C28H36FNO4S. The van der Waals surface area contributed by atoms with Gasteiger partial charge in [-0.2, -0.15) is 0 Å². The Morgan fingerprint density at radius 1 is 1.17 bits per heavy atom. The number of hydrogen-bond acceptors (Lipinski definition) is 4. The Balaban J connectivity index is 1.74. The molecule has 2 aromatic rings. The molecule has 0 aliphatic heterocycles. The standard InChI is InChI=1S/C28H36FNO4S/c1-6-21-22(8-7-9-24(21)29)23-17-19(11-13-25(23)34-20-12-10-18(2)16-20)27(3,4)26(31)30-35(32,33)28(5)14-15-28/h7-9,11,13,17-18,20H,6,10,12,14-16H2,1-5H3,(H,30,31)/t18?,20-/m1/s1. The van der Waals surface area contributed by atoms with E-state index in [-0.39, 0.29) is 11.9 Å². The van der Waals surface area contributed by atoms with Gasteiger partial charge in [-0.05, 0) is 100 Å². The minimum Gasteiger partial charge on any atom is -0.490 e.